The summed E-state index contributed by atoms with van der Waals surface area (Å²) in [6, 6.07) is 18.2. The van der Waals surface area contributed by atoms with Gasteiger partial charge in [-0.15, -0.1) is 0 Å². The minimum Gasteiger partial charge on any atom is -0.388 e. The van der Waals surface area contributed by atoms with Gasteiger partial charge < -0.3 is 10.2 Å². The minimum absolute atomic E-state index is 0.0123. The van der Waals surface area contributed by atoms with Crippen LogP contribution in [-0.2, 0) is 4.79 Å². The van der Waals surface area contributed by atoms with E-state index in [4.69, 9.17) is 0 Å². The molecule has 22 heavy (non-hydrogen) atoms. The van der Waals surface area contributed by atoms with Crippen molar-refractivity contribution in [2.24, 2.45) is 11.8 Å². The summed E-state index contributed by atoms with van der Waals surface area (Å²) in [6.07, 6.45) is -0.273. The largest absolute Gasteiger partial charge is 0.388 e. The molecule has 2 N–H and O–H groups in total. The van der Waals surface area contributed by atoms with Crippen molar-refractivity contribution in [3.05, 3.63) is 71.8 Å². The second-order valence-electron chi connectivity index (χ2n) is 5.91. The highest BCUT2D eigenvalue weighted by Crippen LogP contribution is 2.41. The van der Waals surface area contributed by atoms with E-state index in [1.165, 1.54) is 0 Å². The van der Waals surface area contributed by atoms with Gasteiger partial charge in [0, 0.05) is 5.92 Å². The summed E-state index contributed by atoms with van der Waals surface area (Å²) in [5.74, 6) is -0.869. The number of Topliss-reactive ketones (excluding diaryl/α,β-unsaturated/α-hetero) is 1. The first-order valence-electron chi connectivity index (χ1n) is 7.68. The number of ketones is 1. The Morgan fingerprint density at radius 1 is 0.818 bits per heavy atom. The first-order valence-corrected chi connectivity index (χ1v) is 7.68. The number of aliphatic hydroxyl groups excluding tert-OH is 2. The first kappa shape index (κ1) is 14.9. The number of aliphatic hydroxyl groups is 2. The molecule has 114 valence electrons. The lowest BCUT2D eigenvalue weighted by molar-refractivity contribution is -0.133. The van der Waals surface area contributed by atoms with Crippen LogP contribution in [0.25, 0.3) is 0 Å². The van der Waals surface area contributed by atoms with Gasteiger partial charge in [-0.05, 0) is 24.0 Å². The maximum absolute atomic E-state index is 12.6. The van der Waals surface area contributed by atoms with Gasteiger partial charge in [-0.2, -0.15) is 0 Å². The van der Waals surface area contributed by atoms with Crippen LogP contribution in [0, 0.1) is 11.8 Å². The van der Waals surface area contributed by atoms with Gasteiger partial charge in [0.15, 0.2) is 0 Å². The summed E-state index contributed by atoms with van der Waals surface area (Å²) in [5.41, 5.74) is 1.33. The second kappa shape index (κ2) is 6.42. The van der Waals surface area contributed by atoms with E-state index < -0.39 is 18.1 Å². The molecule has 0 aliphatic heterocycles. The Hall–Kier alpha value is -1.97. The van der Waals surface area contributed by atoms with Crippen molar-refractivity contribution in [2.75, 3.05) is 0 Å². The molecule has 2 atom stereocenters. The molecule has 2 aromatic rings. The number of rotatable bonds is 6. The summed E-state index contributed by atoms with van der Waals surface area (Å²) in [4.78, 5) is 12.6. The molecule has 0 bridgehead atoms. The van der Waals surface area contributed by atoms with Crippen LogP contribution >= 0.6 is 0 Å². The highest BCUT2D eigenvalue weighted by Gasteiger charge is 2.42. The molecular weight excluding hydrogens is 276 g/mol. The van der Waals surface area contributed by atoms with E-state index in [1.807, 2.05) is 36.4 Å². The number of hydrogen-bond donors (Lipinski definition) is 2. The van der Waals surface area contributed by atoms with Crippen LogP contribution in [0.5, 0.6) is 0 Å². The Bertz CT molecular complexity index is 574. The van der Waals surface area contributed by atoms with Gasteiger partial charge >= 0.3 is 0 Å². The third-order valence-corrected chi connectivity index (χ3v) is 4.27. The average Bonchev–Trinajstić information content (AvgIpc) is 3.41. The maximum atomic E-state index is 12.6. The fourth-order valence-electron chi connectivity index (χ4n) is 2.84. The molecule has 0 radical (unpaired) electrons. The van der Waals surface area contributed by atoms with Crippen molar-refractivity contribution in [1.29, 1.82) is 0 Å². The van der Waals surface area contributed by atoms with Gasteiger partial charge in [0.05, 0.1) is 18.1 Å². The Morgan fingerprint density at radius 2 is 1.23 bits per heavy atom. The Kier molecular flexibility index (Phi) is 4.36. The molecule has 1 aliphatic rings. The van der Waals surface area contributed by atoms with Gasteiger partial charge in [-0.3, -0.25) is 4.79 Å². The van der Waals surface area contributed by atoms with Crippen molar-refractivity contribution >= 4 is 5.78 Å². The standard InChI is InChI=1S/C19H20O3/c20-17(13-7-3-1-4-8-13)16(19(22)15-11-12-15)18(21)14-9-5-2-6-10-14/h1-10,15-18,20-21H,11-12H2/t17-,18-/m1/s1. The zero-order chi connectivity index (χ0) is 15.5. The van der Waals surface area contributed by atoms with Crippen LogP contribution < -0.4 is 0 Å². The SMILES string of the molecule is O=C(C1CC1)C([C@H](O)c1ccccc1)[C@H](O)c1ccccc1. The van der Waals surface area contributed by atoms with Crippen molar-refractivity contribution in [1.82, 2.24) is 0 Å². The zero-order valence-corrected chi connectivity index (χ0v) is 12.3. The fraction of sp³-hybridized carbons (Fsp3) is 0.316. The van der Waals surface area contributed by atoms with Crippen molar-refractivity contribution in [3.63, 3.8) is 0 Å². The van der Waals surface area contributed by atoms with E-state index in [1.54, 1.807) is 24.3 Å². The highest BCUT2D eigenvalue weighted by atomic mass is 16.3. The summed E-state index contributed by atoms with van der Waals surface area (Å²) < 4.78 is 0. The molecule has 1 saturated carbocycles. The van der Waals surface area contributed by atoms with Crippen LogP contribution in [0.3, 0.4) is 0 Å². The predicted molar refractivity (Wildman–Crippen MR) is 84.0 cm³/mol. The molecule has 3 rings (SSSR count). The van der Waals surface area contributed by atoms with Crippen molar-refractivity contribution < 1.29 is 15.0 Å². The number of carbonyl (C=O) groups is 1. The van der Waals surface area contributed by atoms with E-state index in [0.29, 0.717) is 11.1 Å². The molecular formula is C19H20O3. The van der Waals surface area contributed by atoms with Crippen LogP contribution in [0.1, 0.15) is 36.2 Å². The monoisotopic (exact) mass is 296 g/mol. The van der Waals surface area contributed by atoms with Gasteiger partial charge in [-0.1, -0.05) is 60.7 Å². The fourth-order valence-corrected chi connectivity index (χ4v) is 2.84. The normalized spacial score (nSPS) is 17.2. The number of hydrogen-bond acceptors (Lipinski definition) is 3. The van der Waals surface area contributed by atoms with E-state index in [-0.39, 0.29) is 11.7 Å². The van der Waals surface area contributed by atoms with Crippen molar-refractivity contribution in [3.8, 4) is 0 Å². The number of carbonyl (C=O) groups excluding carboxylic acids is 1. The molecule has 0 amide bonds. The molecule has 1 aliphatic carbocycles. The minimum atomic E-state index is -0.996. The first-order chi connectivity index (χ1) is 10.7. The predicted octanol–water partition coefficient (Wildman–Crippen LogP) is 3.05. The van der Waals surface area contributed by atoms with Crippen LogP contribution in [0.4, 0.5) is 0 Å². The number of benzene rings is 2. The summed E-state index contributed by atoms with van der Waals surface area (Å²) in [5, 5.41) is 21.4. The Balaban J connectivity index is 1.91. The van der Waals surface area contributed by atoms with Gasteiger partial charge in [0.1, 0.15) is 5.78 Å². The van der Waals surface area contributed by atoms with E-state index >= 15 is 0 Å². The molecule has 1 fully saturated rings. The third-order valence-electron chi connectivity index (χ3n) is 4.27. The smallest absolute Gasteiger partial charge is 0.144 e. The molecule has 0 heterocycles. The van der Waals surface area contributed by atoms with Crippen LogP contribution in [-0.4, -0.2) is 16.0 Å². The Morgan fingerprint density at radius 3 is 1.59 bits per heavy atom. The van der Waals surface area contributed by atoms with Gasteiger partial charge in [0.25, 0.3) is 0 Å². The molecule has 2 aromatic carbocycles. The lowest BCUT2D eigenvalue weighted by Crippen LogP contribution is -2.30. The lowest BCUT2D eigenvalue weighted by atomic mass is 9.82. The van der Waals surface area contributed by atoms with Gasteiger partial charge in [0.2, 0.25) is 0 Å². The van der Waals surface area contributed by atoms with E-state index in [2.05, 4.69) is 0 Å². The summed E-state index contributed by atoms with van der Waals surface area (Å²) in [6.45, 7) is 0. The average molecular weight is 296 g/mol. The second-order valence-corrected chi connectivity index (χ2v) is 5.91. The van der Waals surface area contributed by atoms with Gasteiger partial charge in [-0.25, -0.2) is 0 Å². The van der Waals surface area contributed by atoms with Crippen LogP contribution in [0.2, 0.25) is 0 Å². The quantitative estimate of drug-likeness (QED) is 0.861. The zero-order valence-electron chi connectivity index (χ0n) is 12.3. The molecule has 0 aromatic heterocycles. The Labute approximate surface area is 130 Å². The molecule has 0 spiro atoms. The molecule has 3 nitrogen and oxygen atoms in total. The third kappa shape index (κ3) is 3.11. The lowest BCUT2D eigenvalue weighted by Gasteiger charge is -2.27. The summed E-state index contributed by atoms with van der Waals surface area (Å²) >= 11 is 0. The van der Waals surface area contributed by atoms with Crippen molar-refractivity contribution in [2.45, 2.75) is 25.0 Å². The maximum Gasteiger partial charge on any atom is 0.144 e. The van der Waals surface area contributed by atoms with E-state index in [0.717, 1.165) is 12.8 Å². The topological polar surface area (TPSA) is 57.5 Å². The summed E-state index contributed by atoms with van der Waals surface area (Å²) in [7, 11) is 0. The molecule has 0 unspecified atom stereocenters. The van der Waals surface area contributed by atoms with Crippen LogP contribution in [0.15, 0.2) is 60.7 Å². The molecule has 3 heteroatoms. The molecule has 0 saturated heterocycles. The highest BCUT2D eigenvalue weighted by molar-refractivity contribution is 5.86. The van der Waals surface area contributed by atoms with E-state index in [9.17, 15) is 15.0 Å².